The van der Waals surface area contributed by atoms with Crippen molar-refractivity contribution in [3.05, 3.63) is 0 Å². The van der Waals surface area contributed by atoms with E-state index in [0.29, 0.717) is 0 Å². The van der Waals surface area contributed by atoms with Crippen LogP contribution in [-0.4, -0.2) is 28.7 Å². The molecule has 1 aliphatic rings. The molecular weight excluding hydrogens is 174 g/mol. The number of nitrogens with one attached hydrogen (secondary N) is 1. The second-order valence-corrected chi connectivity index (χ2v) is 3.04. The number of aliphatic carboxylic acids is 1. The van der Waals surface area contributed by atoms with E-state index in [0.717, 1.165) is 11.6 Å². The molecule has 10 heavy (non-hydrogen) atoms. The Hall–Kier alpha value is 0.0700. The van der Waals surface area contributed by atoms with Crippen molar-refractivity contribution in [2.75, 3.05) is 11.6 Å². The average molecular weight is 184 g/mol. The van der Waals surface area contributed by atoms with Crippen LogP contribution < -0.4 is 5.32 Å². The van der Waals surface area contributed by atoms with Gasteiger partial charge in [0.1, 0.15) is 0 Å². The van der Waals surface area contributed by atoms with Gasteiger partial charge in [-0.05, 0) is 0 Å². The minimum Gasteiger partial charge on any atom is -0.481 e. The first kappa shape index (κ1) is 10.1. The molecular formula is C5H10ClNO2S. The SMILES string of the molecule is Cl.O=C(O)CC1CSCN1. The third kappa shape index (κ3) is 3.29. The van der Waals surface area contributed by atoms with E-state index in [-0.39, 0.29) is 24.9 Å². The van der Waals surface area contributed by atoms with Crippen LogP contribution >= 0.6 is 24.2 Å². The molecule has 0 saturated carbocycles. The molecule has 1 rings (SSSR count). The molecule has 3 nitrogen and oxygen atoms in total. The van der Waals surface area contributed by atoms with Crippen molar-refractivity contribution in [1.29, 1.82) is 0 Å². The third-order valence-electron chi connectivity index (χ3n) is 1.21. The van der Waals surface area contributed by atoms with Crippen molar-refractivity contribution in [1.82, 2.24) is 5.32 Å². The Bertz CT molecular complexity index is 116. The number of carbonyl (C=O) groups is 1. The molecule has 1 aliphatic heterocycles. The predicted molar refractivity (Wildman–Crippen MR) is 43.7 cm³/mol. The van der Waals surface area contributed by atoms with Crippen molar-refractivity contribution in [2.24, 2.45) is 0 Å². The fraction of sp³-hybridized carbons (Fsp3) is 0.800. The summed E-state index contributed by atoms with van der Waals surface area (Å²) in [5, 5.41) is 11.4. The summed E-state index contributed by atoms with van der Waals surface area (Å²) in [4.78, 5) is 10.1. The van der Waals surface area contributed by atoms with E-state index in [4.69, 9.17) is 5.11 Å². The average Bonchev–Trinajstić information content (AvgIpc) is 2.15. The van der Waals surface area contributed by atoms with Crippen LogP contribution in [0.3, 0.4) is 0 Å². The van der Waals surface area contributed by atoms with E-state index in [9.17, 15) is 4.79 Å². The topological polar surface area (TPSA) is 49.3 Å². The van der Waals surface area contributed by atoms with Crippen LogP contribution in [0.25, 0.3) is 0 Å². The zero-order valence-electron chi connectivity index (χ0n) is 5.37. The lowest BCUT2D eigenvalue weighted by atomic mass is 10.2. The van der Waals surface area contributed by atoms with Crippen LogP contribution in [0.5, 0.6) is 0 Å². The Morgan fingerprint density at radius 1 is 1.80 bits per heavy atom. The highest BCUT2D eigenvalue weighted by atomic mass is 35.5. The predicted octanol–water partition coefficient (Wildman–Crippen LogP) is 0.545. The van der Waals surface area contributed by atoms with Gasteiger partial charge in [-0.1, -0.05) is 0 Å². The van der Waals surface area contributed by atoms with Crippen molar-refractivity contribution in [2.45, 2.75) is 12.5 Å². The highest BCUT2D eigenvalue weighted by Crippen LogP contribution is 2.11. The van der Waals surface area contributed by atoms with Gasteiger partial charge in [0, 0.05) is 17.7 Å². The van der Waals surface area contributed by atoms with Crippen LogP contribution in [0.2, 0.25) is 0 Å². The molecule has 0 aromatic rings. The number of hydrogen-bond acceptors (Lipinski definition) is 3. The van der Waals surface area contributed by atoms with E-state index in [2.05, 4.69) is 5.32 Å². The van der Waals surface area contributed by atoms with Gasteiger partial charge in [0.25, 0.3) is 0 Å². The molecule has 0 spiro atoms. The lowest BCUT2D eigenvalue weighted by molar-refractivity contribution is -0.137. The molecule has 1 saturated heterocycles. The molecule has 60 valence electrons. The fourth-order valence-electron chi connectivity index (χ4n) is 0.779. The lowest BCUT2D eigenvalue weighted by Gasteiger charge is -2.02. The number of hydrogen-bond donors (Lipinski definition) is 2. The highest BCUT2D eigenvalue weighted by Gasteiger charge is 2.16. The maximum atomic E-state index is 10.1. The van der Waals surface area contributed by atoms with Gasteiger partial charge >= 0.3 is 5.97 Å². The zero-order valence-corrected chi connectivity index (χ0v) is 7.00. The van der Waals surface area contributed by atoms with Crippen LogP contribution in [0.15, 0.2) is 0 Å². The molecule has 1 atom stereocenters. The monoisotopic (exact) mass is 183 g/mol. The molecule has 1 fully saturated rings. The summed E-state index contributed by atoms with van der Waals surface area (Å²) in [5.74, 6) is 1.12. The number of carboxylic acids is 1. The minimum absolute atomic E-state index is 0. The first-order valence-corrected chi connectivity index (χ1v) is 3.97. The van der Waals surface area contributed by atoms with Gasteiger partial charge in [0.15, 0.2) is 0 Å². The Kier molecular flexibility index (Phi) is 4.85. The minimum atomic E-state index is -0.713. The molecule has 0 aromatic carbocycles. The van der Waals surface area contributed by atoms with E-state index < -0.39 is 5.97 Å². The standard InChI is InChI=1S/C5H9NO2S.ClH/c7-5(8)1-4-2-9-3-6-4;/h4,6H,1-3H2,(H,7,8);1H. The van der Waals surface area contributed by atoms with Gasteiger partial charge in [-0.3, -0.25) is 4.79 Å². The van der Waals surface area contributed by atoms with E-state index in [1.807, 2.05) is 0 Å². The Labute approximate surface area is 70.0 Å². The molecule has 0 amide bonds. The van der Waals surface area contributed by atoms with Crippen LogP contribution in [0, 0.1) is 0 Å². The molecule has 0 aromatic heterocycles. The van der Waals surface area contributed by atoms with Gasteiger partial charge in [-0.25, -0.2) is 0 Å². The summed E-state index contributed by atoms with van der Waals surface area (Å²) in [5.41, 5.74) is 0. The Morgan fingerprint density at radius 3 is 2.90 bits per heavy atom. The van der Waals surface area contributed by atoms with Crippen molar-refractivity contribution >= 4 is 30.1 Å². The number of carboxylic acid groups (broad SMARTS) is 1. The summed E-state index contributed by atoms with van der Waals surface area (Å²) in [6.45, 7) is 0. The summed E-state index contributed by atoms with van der Waals surface area (Å²) < 4.78 is 0. The maximum absolute atomic E-state index is 10.1. The summed E-state index contributed by atoms with van der Waals surface area (Å²) in [6, 6.07) is 0.201. The zero-order chi connectivity index (χ0) is 6.69. The molecule has 0 radical (unpaired) electrons. The maximum Gasteiger partial charge on any atom is 0.304 e. The van der Waals surface area contributed by atoms with E-state index in [1.165, 1.54) is 0 Å². The van der Waals surface area contributed by atoms with Crippen LogP contribution in [0.4, 0.5) is 0 Å². The van der Waals surface area contributed by atoms with Crippen LogP contribution in [0.1, 0.15) is 6.42 Å². The van der Waals surface area contributed by atoms with Crippen molar-refractivity contribution in [3.8, 4) is 0 Å². The Morgan fingerprint density at radius 2 is 2.50 bits per heavy atom. The van der Waals surface area contributed by atoms with E-state index >= 15 is 0 Å². The molecule has 2 N–H and O–H groups in total. The Balaban J connectivity index is 0.000000810. The molecule has 0 bridgehead atoms. The highest BCUT2D eigenvalue weighted by molar-refractivity contribution is 7.99. The van der Waals surface area contributed by atoms with Gasteiger partial charge < -0.3 is 10.4 Å². The third-order valence-corrected chi connectivity index (χ3v) is 2.22. The lowest BCUT2D eigenvalue weighted by Crippen LogP contribution is -2.26. The smallest absolute Gasteiger partial charge is 0.304 e. The van der Waals surface area contributed by atoms with Crippen molar-refractivity contribution in [3.63, 3.8) is 0 Å². The normalized spacial score (nSPS) is 23.8. The number of thioether (sulfide) groups is 1. The molecule has 1 unspecified atom stereocenters. The fourth-order valence-corrected chi connectivity index (χ4v) is 1.77. The quantitative estimate of drug-likeness (QED) is 0.657. The summed E-state index contributed by atoms with van der Waals surface area (Å²) in [7, 11) is 0. The number of rotatable bonds is 2. The van der Waals surface area contributed by atoms with Gasteiger partial charge in [-0.15, -0.1) is 24.2 Å². The number of halogens is 1. The largest absolute Gasteiger partial charge is 0.481 e. The molecule has 1 heterocycles. The first-order valence-electron chi connectivity index (χ1n) is 2.82. The van der Waals surface area contributed by atoms with Crippen LogP contribution in [-0.2, 0) is 4.79 Å². The second kappa shape index (κ2) is 4.82. The van der Waals surface area contributed by atoms with E-state index in [1.54, 1.807) is 11.8 Å². The molecule has 0 aliphatic carbocycles. The van der Waals surface area contributed by atoms with Crippen molar-refractivity contribution < 1.29 is 9.90 Å². The second-order valence-electron chi connectivity index (χ2n) is 2.01. The van der Waals surface area contributed by atoms with Gasteiger partial charge in [0.2, 0.25) is 0 Å². The summed E-state index contributed by atoms with van der Waals surface area (Å²) >= 11 is 1.75. The summed E-state index contributed by atoms with van der Waals surface area (Å²) in [6.07, 6.45) is 0.257. The molecule has 5 heteroatoms. The van der Waals surface area contributed by atoms with Gasteiger partial charge in [-0.2, -0.15) is 0 Å². The van der Waals surface area contributed by atoms with Gasteiger partial charge in [0.05, 0.1) is 6.42 Å². The first-order chi connectivity index (χ1) is 4.29.